The zero-order chi connectivity index (χ0) is 11.1. The minimum Gasteiger partial charge on any atom is -0.425 e. The van der Waals surface area contributed by atoms with E-state index in [1.54, 1.807) is 31.2 Å². The lowest BCUT2D eigenvalue weighted by atomic mass is 10.2. The molecule has 1 aromatic carbocycles. The van der Waals surface area contributed by atoms with Crippen molar-refractivity contribution in [1.29, 1.82) is 0 Å². The molecule has 0 aliphatic rings. The molecule has 1 rings (SSSR count). The predicted octanol–water partition coefficient (Wildman–Crippen LogP) is 1.44. The number of hydrogen-bond donors (Lipinski definition) is 0. The van der Waals surface area contributed by atoms with Gasteiger partial charge in [-0.15, -0.1) is 0 Å². The molecule has 0 saturated carbocycles. The van der Waals surface area contributed by atoms with Crippen molar-refractivity contribution in [2.75, 3.05) is 13.2 Å². The lowest BCUT2D eigenvalue weighted by Gasteiger charge is -2.03. The van der Waals surface area contributed by atoms with E-state index in [1.807, 2.05) is 0 Å². The fraction of sp³-hybridized carbons (Fsp3) is 0.273. The molecule has 0 bridgehead atoms. The third-order valence-electron chi connectivity index (χ3n) is 1.67. The van der Waals surface area contributed by atoms with Gasteiger partial charge in [-0.05, 0) is 31.2 Å². The van der Waals surface area contributed by atoms with Crippen molar-refractivity contribution in [1.82, 2.24) is 0 Å². The first kappa shape index (κ1) is 11.4. The molecule has 0 amide bonds. The van der Waals surface area contributed by atoms with Gasteiger partial charge in [0.25, 0.3) is 0 Å². The Labute approximate surface area is 87.8 Å². The lowest BCUT2D eigenvalue weighted by molar-refractivity contribution is -0.139. The molecule has 1 aromatic rings. The van der Waals surface area contributed by atoms with Gasteiger partial charge < -0.3 is 9.47 Å². The van der Waals surface area contributed by atoms with Crippen LogP contribution in [-0.4, -0.2) is 25.5 Å². The SMILES string of the molecule is CCOCC(=O)Oc1ccc(C=O)cc1. The third kappa shape index (κ3) is 3.91. The highest BCUT2D eigenvalue weighted by Gasteiger charge is 2.03. The van der Waals surface area contributed by atoms with Crippen LogP contribution < -0.4 is 4.74 Å². The molecule has 0 radical (unpaired) electrons. The van der Waals surface area contributed by atoms with Gasteiger partial charge in [-0.25, -0.2) is 4.79 Å². The molecule has 0 heterocycles. The molecule has 0 unspecified atom stereocenters. The largest absolute Gasteiger partial charge is 0.425 e. The van der Waals surface area contributed by atoms with Crippen molar-refractivity contribution < 1.29 is 19.1 Å². The standard InChI is InChI=1S/C11H12O4/c1-2-14-8-11(13)15-10-5-3-9(7-12)4-6-10/h3-7H,2,8H2,1H3. The summed E-state index contributed by atoms with van der Waals surface area (Å²) in [5.74, 6) is -0.0407. The van der Waals surface area contributed by atoms with Crippen LogP contribution in [0.5, 0.6) is 5.75 Å². The van der Waals surface area contributed by atoms with Crippen LogP contribution in [0.1, 0.15) is 17.3 Å². The Balaban J connectivity index is 2.49. The second-order valence-corrected chi connectivity index (χ2v) is 2.80. The quantitative estimate of drug-likeness (QED) is 0.417. The van der Waals surface area contributed by atoms with Gasteiger partial charge in [-0.2, -0.15) is 0 Å². The molecule has 4 heteroatoms. The Morgan fingerprint density at radius 1 is 1.33 bits per heavy atom. The van der Waals surface area contributed by atoms with Crippen molar-refractivity contribution in [3.05, 3.63) is 29.8 Å². The smallest absolute Gasteiger partial charge is 0.337 e. The van der Waals surface area contributed by atoms with E-state index in [2.05, 4.69) is 0 Å². The molecule has 0 N–H and O–H groups in total. The van der Waals surface area contributed by atoms with Crippen LogP contribution in [0.4, 0.5) is 0 Å². The zero-order valence-electron chi connectivity index (χ0n) is 8.43. The van der Waals surface area contributed by atoms with Gasteiger partial charge in [-0.1, -0.05) is 0 Å². The molecule has 80 valence electrons. The zero-order valence-corrected chi connectivity index (χ0v) is 8.43. The molecule has 0 aromatic heterocycles. The number of esters is 1. The summed E-state index contributed by atoms with van der Waals surface area (Å²) in [4.78, 5) is 21.5. The number of aldehydes is 1. The minimum atomic E-state index is -0.448. The van der Waals surface area contributed by atoms with Gasteiger partial charge in [0.2, 0.25) is 0 Å². The van der Waals surface area contributed by atoms with Crippen LogP contribution >= 0.6 is 0 Å². The number of carbonyl (C=O) groups is 2. The summed E-state index contributed by atoms with van der Waals surface area (Å²) in [5.41, 5.74) is 0.541. The fourth-order valence-corrected chi connectivity index (χ4v) is 0.961. The summed E-state index contributed by atoms with van der Waals surface area (Å²) in [5, 5.41) is 0. The van der Waals surface area contributed by atoms with Crippen molar-refractivity contribution in [3.63, 3.8) is 0 Å². The first-order valence-electron chi connectivity index (χ1n) is 4.60. The molecular weight excluding hydrogens is 196 g/mol. The van der Waals surface area contributed by atoms with Crippen LogP contribution in [0.25, 0.3) is 0 Å². The summed E-state index contributed by atoms with van der Waals surface area (Å²) in [6.45, 7) is 2.21. The summed E-state index contributed by atoms with van der Waals surface area (Å²) in [7, 11) is 0. The van der Waals surface area contributed by atoms with Crippen LogP contribution in [0.15, 0.2) is 24.3 Å². The van der Waals surface area contributed by atoms with Crippen LogP contribution in [0.3, 0.4) is 0 Å². The van der Waals surface area contributed by atoms with Crippen molar-refractivity contribution in [2.45, 2.75) is 6.92 Å². The second-order valence-electron chi connectivity index (χ2n) is 2.80. The summed E-state index contributed by atoms with van der Waals surface area (Å²) < 4.78 is 9.82. The van der Waals surface area contributed by atoms with Crippen LogP contribution in [0.2, 0.25) is 0 Å². The van der Waals surface area contributed by atoms with E-state index < -0.39 is 5.97 Å². The third-order valence-corrected chi connectivity index (χ3v) is 1.67. The van der Waals surface area contributed by atoms with Gasteiger partial charge in [0.1, 0.15) is 18.6 Å². The summed E-state index contributed by atoms with van der Waals surface area (Å²) >= 11 is 0. The first-order chi connectivity index (χ1) is 7.26. The lowest BCUT2D eigenvalue weighted by Crippen LogP contribution is -2.15. The van der Waals surface area contributed by atoms with Crippen LogP contribution in [0, 0.1) is 0 Å². The van der Waals surface area contributed by atoms with E-state index >= 15 is 0 Å². The Kier molecular flexibility index (Phi) is 4.50. The van der Waals surface area contributed by atoms with Gasteiger partial charge in [0.15, 0.2) is 0 Å². The fourth-order valence-electron chi connectivity index (χ4n) is 0.961. The van der Waals surface area contributed by atoms with Gasteiger partial charge in [-0.3, -0.25) is 4.79 Å². The maximum absolute atomic E-state index is 11.1. The normalized spacial score (nSPS) is 9.67. The molecule has 15 heavy (non-hydrogen) atoms. The van der Waals surface area contributed by atoms with Crippen molar-refractivity contribution in [2.24, 2.45) is 0 Å². The topological polar surface area (TPSA) is 52.6 Å². The Hall–Kier alpha value is -1.68. The predicted molar refractivity (Wildman–Crippen MR) is 54.0 cm³/mol. The number of ether oxygens (including phenoxy) is 2. The highest BCUT2D eigenvalue weighted by Crippen LogP contribution is 2.11. The molecule has 0 aliphatic carbocycles. The van der Waals surface area contributed by atoms with E-state index in [9.17, 15) is 9.59 Å². The molecule has 0 spiro atoms. The molecule has 0 fully saturated rings. The monoisotopic (exact) mass is 208 g/mol. The van der Waals surface area contributed by atoms with Gasteiger partial charge in [0.05, 0.1) is 0 Å². The number of rotatable bonds is 5. The molecule has 0 atom stereocenters. The van der Waals surface area contributed by atoms with Crippen molar-refractivity contribution in [3.8, 4) is 5.75 Å². The van der Waals surface area contributed by atoms with E-state index in [0.29, 0.717) is 17.9 Å². The molecular formula is C11H12O4. The Morgan fingerprint density at radius 3 is 2.53 bits per heavy atom. The second kappa shape index (κ2) is 5.93. The highest BCUT2D eigenvalue weighted by molar-refractivity contribution is 5.76. The number of carbonyl (C=O) groups excluding carboxylic acids is 2. The number of benzene rings is 1. The van der Waals surface area contributed by atoms with Crippen molar-refractivity contribution >= 4 is 12.3 Å². The Bertz CT molecular complexity index is 329. The van der Waals surface area contributed by atoms with Crippen LogP contribution in [-0.2, 0) is 9.53 Å². The summed E-state index contributed by atoms with van der Waals surface area (Å²) in [6.07, 6.45) is 0.728. The maximum Gasteiger partial charge on any atom is 0.337 e. The Morgan fingerprint density at radius 2 is 2.00 bits per heavy atom. The molecule has 0 saturated heterocycles. The molecule has 0 aliphatic heterocycles. The maximum atomic E-state index is 11.1. The number of hydrogen-bond acceptors (Lipinski definition) is 4. The van der Waals surface area contributed by atoms with E-state index in [-0.39, 0.29) is 6.61 Å². The minimum absolute atomic E-state index is 0.0636. The average molecular weight is 208 g/mol. The highest BCUT2D eigenvalue weighted by atomic mass is 16.6. The van der Waals surface area contributed by atoms with E-state index in [1.165, 1.54) is 0 Å². The summed E-state index contributed by atoms with van der Waals surface area (Å²) in [6, 6.07) is 6.29. The van der Waals surface area contributed by atoms with Gasteiger partial charge >= 0.3 is 5.97 Å². The van der Waals surface area contributed by atoms with E-state index in [0.717, 1.165) is 6.29 Å². The first-order valence-corrected chi connectivity index (χ1v) is 4.60. The molecule has 4 nitrogen and oxygen atoms in total. The van der Waals surface area contributed by atoms with E-state index in [4.69, 9.17) is 9.47 Å². The van der Waals surface area contributed by atoms with Gasteiger partial charge in [0, 0.05) is 12.2 Å². The average Bonchev–Trinajstić information content (AvgIpc) is 2.27.